The molecule has 11 heteroatoms. The molecule has 0 heterocycles. The Labute approximate surface area is 203 Å². The Morgan fingerprint density at radius 2 is 1.43 bits per heavy atom. The van der Waals surface area contributed by atoms with Crippen LogP contribution < -0.4 is 16.4 Å². The highest BCUT2D eigenvalue weighted by molar-refractivity contribution is 8.00. The van der Waals surface area contributed by atoms with Crippen molar-refractivity contribution in [3.63, 3.8) is 0 Å². The van der Waals surface area contributed by atoms with E-state index in [1.54, 1.807) is 36.4 Å². The van der Waals surface area contributed by atoms with Gasteiger partial charge in [0.25, 0.3) is 5.91 Å². The number of aromatic carboxylic acids is 2. The number of hydrogen-bond donors (Lipinski definition) is 5. The average molecular weight is 493 g/mol. The summed E-state index contributed by atoms with van der Waals surface area (Å²) in [6.07, 6.45) is 0. The van der Waals surface area contributed by atoms with Gasteiger partial charge in [-0.2, -0.15) is 0 Å². The molecule has 0 aliphatic carbocycles. The van der Waals surface area contributed by atoms with Gasteiger partial charge in [0.05, 0.1) is 22.4 Å². The van der Waals surface area contributed by atoms with Crippen molar-refractivity contribution in [2.24, 2.45) is 5.73 Å². The van der Waals surface area contributed by atoms with Crippen LogP contribution in [0.5, 0.6) is 0 Å². The smallest absolute Gasteiger partial charge is 0.336 e. The number of carboxylic acid groups (broad SMARTS) is 2. The van der Waals surface area contributed by atoms with Gasteiger partial charge in [-0.15, -0.1) is 11.8 Å². The molecule has 178 valence electrons. The largest absolute Gasteiger partial charge is 0.478 e. The predicted octanol–water partition coefficient (Wildman–Crippen LogP) is 3.17. The lowest BCUT2D eigenvalue weighted by Gasteiger charge is -2.10. The number of carboxylic acids is 2. The molecular weight excluding hydrogens is 474 g/mol. The topological polar surface area (TPSA) is 176 Å². The molecule has 0 spiro atoms. The van der Waals surface area contributed by atoms with Gasteiger partial charge in [-0.05, 0) is 60.7 Å². The predicted molar refractivity (Wildman–Crippen MR) is 129 cm³/mol. The highest BCUT2D eigenvalue weighted by Gasteiger charge is 2.19. The van der Waals surface area contributed by atoms with E-state index in [4.69, 9.17) is 10.8 Å². The summed E-state index contributed by atoms with van der Waals surface area (Å²) in [6.45, 7) is 0. The summed E-state index contributed by atoms with van der Waals surface area (Å²) in [7, 11) is 0. The summed E-state index contributed by atoms with van der Waals surface area (Å²) < 4.78 is 0. The fourth-order valence-electron chi connectivity index (χ4n) is 2.98. The van der Waals surface area contributed by atoms with Gasteiger partial charge in [-0.3, -0.25) is 14.4 Å². The van der Waals surface area contributed by atoms with E-state index in [-0.39, 0.29) is 22.8 Å². The second kappa shape index (κ2) is 11.0. The van der Waals surface area contributed by atoms with Crippen LogP contribution in [-0.4, -0.2) is 45.6 Å². The number of thioether (sulfide) groups is 1. The van der Waals surface area contributed by atoms with Gasteiger partial charge in [0.2, 0.25) is 11.8 Å². The number of nitrogens with two attached hydrogens (primary N) is 1. The normalized spacial score (nSPS) is 10.3. The molecule has 10 nitrogen and oxygen atoms in total. The maximum atomic E-state index is 12.6. The summed E-state index contributed by atoms with van der Waals surface area (Å²) in [4.78, 5) is 59.3. The van der Waals surface area contributed by atoms with Crippen molar-refractivity contribution >= 4 is 52.8 Å². The first-order valence-electron chi connectivity index (χ1n) is 9.98. The molecule has 0 saturated heterocycles. The second-order valence-corrected chi connectivity index (χ2v) is 8.18. The Bertz CT molecular complexity index is 1320. The van der Waals surface area contributed by atoms with Crippen LogP contribution in [0.1, 0.15) is 41.4 Å². The van der Waals surface area contributed by atoms with Crippen molar-refractivity contribution in [3.05, 3.63) is 89.0 Å². The molecule has 0 aromatic heterocycles. The molecule has 0 atom stereocenters. The summed E-state index contributed by atoms with van der Waals surface area (Å²) in [5.74, 6) is -4.26. The molecule has 0 fully saturated rings. The van der Waals surface area contributed by atoms with Gasteiger partial charge < -0.3 is 26.6 Å². The van der Waals surface area contributed by atoms with Crippen LogP contribution in [-0.2, 0) is 4.79 Å². The van der Waals surface area contributed by atoms with Crippen LogP contribution in [0.15, 0.2) is 71.6 Å². The van der Waals surface area contributed by atoms with Gasteiger partial charge in [0, 0.05) is 21.8 Å². The minimum Gasteiger partial charge on any atom is -0.478 e. The number of primary amides is 1. The highest BCUT2D eigenvalue weighted by Crippen LogP contribution is 2.23. The van der Waals surface area contributed by atoms with Gasteiger partial charge in [0.15, 0.2) is 0 Å². The zero-order valence-electron chi connectivity index (χ0n) is 18.0. The van der Waals surface area contributed by atoms with Crippen molar-refractivity contribution in [1.82, 2.24) is 0 Å². The van der Waals surface area contributed by atoms with Crippen molar-refractivity contribution in [2.75, 3.05) is 16.4 Å². The van der Waals surface area contributed by atoms with E-state index in [9.17, 15) is 29.1 Å². The third-order valence-electron chi connectivity index (χ3n) is 4.66. The number of hydrogen-bond acceptors (Lipinski definition) is 6. The Morgan fingerprint density at radius 3 is 2.06 bits per heavy atom. The molecular formula is C24H19N3O7S. The average Bonchev–Trinajstić information content (AvgIpc) is 2.82. The van der Waals surface area contributed by atoms with Gasteiger partial charge in [-0.1, -0.05) is 6.07 Å². The number of rotatable bonds is 9. The number of carbonyl (C=O) groups excluding carboxylic acids is 3. The molecule has 3 aromatic carbocycles. The zero-order valence-corrected chi connectivity index (χ0v) is 18.8. The van der Waals surface area contributed by atoms with Crippen molar-refractivity contribution in [1.29, 1.82) is 0 Å². The standard InChI is InChI=1S/C24H19N3O7S/c25-21(29)13-4-7-15(8-5-13)26-20(28)12-35-17-3-1-2-16(11-17)27-22(30)18-9-6-14(23(31)32)10-19(18)24(33)34/h1-11H,12H2,(H2,25,29)(H,26,28)(H,27,30)(H,31,32)(H,33,34). The summed E-state index contributed by atoms with van der Waals surface area (Å²) >= 11 is 1.21. The van der Waals surface area contributed by atoms with Crippen molar-refractivity contribution in [3.8, 4) is 0 Å². The maximum absolute atomic E-state index is 12.6. The molecule has 0 aliphatic heterocycles. The first-order chi connectivity index (χ1) is 16.6. The molecule has 0 unspecified atom stereocenters. The van der Waals surface area contributed by atoms with Gasteiger partial charge >= 0.3 is 11.9 Å². The van der Waals surface area contributed by atoms with Crippen LogP contribution in [0, 0.1) is 0 Å². The second-order valence-electron chi connectivity index (χ2n) is 7.13. The Kier molecular flexibility index (Phi) is 7.85. The van der Waals surface area contributed by atoms with Crippen LogP contribution >= 0.6 is 11.8 Å². The summed E-state index contributed by atoms with van der Waals surface area (Å²) in [5.41, 5.74) is 5.50. The molecule has 3 aromatic rings. The Hall–Kier alpha value is -4.64. The van der Waals surface area contributed by atoms with E-state index < -0.39 is 29.3 Å². The third-order valence-corrected chi connectivity index (χ3v) is 5.65. The Balaban J connectivity index is 1.63. The molecule has 0 saturated carbocycles. The van der Waals surface area contributed by atoms with Crippen LogP contribution in [0.3, 0.4) is 0 Å². The number of anilines is 2. The monoisotopic (exact) mass is 493 g/mol. The fraction of sp³-hybridized carbons (Fsp3) is 0.0417. The molecule has 0 radical (unpaired) electrons. The van der Waals surface area contributed by atoms with Gasteiger partial charge in [0.1, 0.15) is 0 Å². The lowest BCUT2D eigenvalue weighted by atomic mass is 10.0. The Morgan fingerprint density at radius 1 is 0.743 bits per heavy atom. The first-order valence-corrected chi connectivity index (χ1v) is 11.0. The number of benzene rings is 3. The van der Waals surface area contributed by atoms with Crippen molar-refractivity contribution < 1.29 is 34.2 Å². The number of amides is 3. The SMILES string of the molecule is NC(=O)c1ccc(NC(=O)CSc2cccc(NC(=O)c3ccc(C(=O)O)cc3C(=O)O)c2)cc1. The van der Waals surface area contributed by atoms with Crippen LogP contribution in [0.2, 0.25) is 0 Å². The minimum atomic E-state index is -1.43. The first kappa shape index (κ1) is 25.0. The molecule has 0 bridgehead atoms. The number of carbonyl (C=O) groups is 5. The van der Waals surface area contributed by atoms with Gasteiger partial charge in [-0.25, -0.2) is 9.59 Å². The molecule has 35 heavy (non-hydrogen) atoms. The quantitative estimate of drug-likeness (QED) is 0.282. The lowest BCUT2D eigenvalue weighted by molar-refractivity contribution is -0.113. The summed E-state index contributed by atoms with van der Waals surface area (Å²) in [6, 6.07) is 15.9. The van der Waals surface area contributed by atoms with E-state index in [0.717, 1.165) is 18.2 Å². The van der Waals surface area contributed by atoms with E-state index in [1.165, 1.54) is 23.9 Å². The van der Waals surface area contributed by atoms with Crippen LogP contribution in [0.25, 0.3) is 0 Å². The summed E-state index contributed by atoms with van der Waals surface area (Å²) in [5, 5.41) is 23.7. The fourth-order valence-corrected chi connectivity index (χ4v) is 3.73. The zero-order chi connectivity index (χ0) is 25.5. The maximum Gasteiger partial charge on any atom is 0.336 e. The van der Waals surface area contributed by atoms with E-state index in [1.807, 2.05) is 0 Å². The highest BCUT2D eigenvalue weighted by atomic mass is 32.2. The molecule has 3 amide bonds. The molecule has 6 N–H and O–H groups in total. The third kappa shape index (κ3) is 6.68. The van der Waals surface area contributed by atoms with E-state index in [2.05, 4.69) is 10.6 Å². The minimum absolute atomic E-state index is 0.0643. The van der Waals surface area contributed by atoms with E-state index >= 15 is 0 Å². The molecule has 0 aliphatic rings. The molecule has 3 rings (SSSR count). The van der Waals surface area contributed by atoms with Crippen molar-refractivity contribution in [2.45, 2.75) is 4.90 Å². The lowest BCUT2D eigenvalue weighted by Crippen LogP contribution is -2.17. The van der Waals surface area contributed by atoms with E-state index in [0.29, 0.717) is 21.8 Å². The number of nitrogens with one attached hydrogen (secondary N) is 2. The van der Waals surface area contributed by atoms with Crippen LogP contribution in [0.4, 0.5) is 11.4 Å².